The highest BCUT2D eigenvalue weighted by molar-refractivity contribution is 6.42. The zero-order valence-electron chi connectivity index (χ0n) is 13.4. The van der Waals surface area contributed by atoms with Crippen molar-refractivity contribution in [3.8, 4) is 11.5 Å². The van der Waals surface area contributed by atoms with Crippen LogP contribution in [0.5, 0.6) is 0 Å². The number of carbonyl (C=O) groups excluding carboxylic acids is 1. The molecule has 0 unspecified atom stereocenters. The molecule has 0 aliphatic carbocycles. The molecule has 4 nitrogen and oxygen atoms in total. The maximum atomic E-state index is 12.3. The Kier molecular flexibility index (Phi) is 4.37. The normalized spacial score (nSPS) is 10.8. The summed E-state index contributed by atoms with van der Waals surface area (Å²) in [5, 5.41) is 3.76. The molecule has 4 aromatic rings. The number of anilines is 1. The van der Waals surface area contributed by atoms with E-state index in [1.165, 1.54) is 0 Å². The van der Waals surface area contributed by atoms with Crippen molar-refractivity contribution in [1.82, 2.24) is 4.98 Å². The Morgan fingerprint density at radius 2 is 1.73 bits per heavy atom. The molecule has 1 heterocycles. The van der Waals surface area contributed by atoms with Crippen molar-refractivity contribution in [3.05, 3.63) is 82.3 Å². The summed E-state index contributed by atoms with van der Waals surface area (Å²) in [5.41, 5.74) is 3.20. The zero-order chi connectivity index (χ0) is 18.1. The molecule has 128 valence electrons. The van der Waals surface area contributed by atoms with Gasteiger partial charge >= 0.3 is 0 Å². The van der Waals surface area contributed by atoms with Gasteiger partial charge in [0.2, 0.25) is 5.89 Å². The Morgan fingerprint density at radius 3 is 2.50 bits per heavy atom. The molecule has 1 N–H and O–H groups in total. The lowest BCUT2D eigenvalue weighted by Crippen LogP contribution is -2.11. The van der Waals surface area contributed by atoms with Crippen LogP contribution in [0, 0.1) is 0 Å². The summed E-state index contributed by atoms with van der Waals surface area (Å²) < 4.78 is 5.77. The largest absolute Gasteiger partial charge is 0.436 e. The van der Waals surface area contributed by atoms with Crippen LogP contribution in [-0.2, 0) is 0 Å². The van der Waals surface area contributed by atoms with E-state index in [4.69, 9.17) is 27.6 Å². The van der Waals surface area contributed by atoms with E-state index in [-0.39, 0.29) is 5.91 Å². The van der Waals surface area contributed by atoms with E-state index in [1.807, 2.05) is 18.2 Å². The number of carbonyl (C=O) groups is 1. The summed E-state index contributed by atoms with van der Waals surface area (Å²) in [5.74, 6) is 0.253. The minimum atomic E-state index is -0.182. The number of fused-ring (bicyclic) bond motifs is 1. The van der Waals surface area contributed by atoms with Gasteiger partial charge in [-0.25, -0.2) is 4.98 Å². The second-order valence-electron chi connectivity index (χ2n) is 5.65. The first-order chi connectivity index (χ1) is 12.6. The first-order valence-electron chi connectivity index (χ1n) is 7.82. The van der Waals surface area contributed by atoms with Crippen LogP contribution >= 0.6 is 23.2 Å². The molecular formula is C20H12Cl2N2O2. The van der Waals surface area contributed by atoms with Crippen molar-refractivity contribution in [2.45, 2.75) is 0 Å². The number of aromatic nitrogens is 1. The lowest BCUT2D eigenvalue weighted by molar-refractivity contribution is 0.102. The Bertz CT molecular complexity index is 1110. The van der Waals surface area contributed by atoms with Gasteiger partial charge in [0.05, 0.1) is 10.0 Å². The molecule has 26 heavy (non-hydrogen) atoms. The van der Waals surface area contributed by atoms with Gasteiger partial charge in [-0.1, -0.05) is 41.4 Å². The highest BCUT2D eigenvalue weighted by atomic mass is 35.5. The number of hydrogen-bond acceptors (Lipinski definition) is 3. The van der Waals surface area contributed by atoms with Crippen molar-refractivity contribution in [2.24, 2.45) is 0 Å². The highest BCUT2D eigenvalue weighted by Gasteiger charge is 2.12. The minimum Gasteiger partial charge on any atom is -0.436 e. The van der Waals surface area contributed by atoms with Gasteiger partial charge < -0.3 is 9.73 Å². The third-order valence-electron chi connectivity index (χ3n) is 3.85. The third kappa shape index (κ3) is 3.29. The maximum absolute atomic E-state index is 12.3. The highest BCUT2D eigenvalue weighted by Crippen LogP contribution is 2.30. The second-order valence-corrected chi connectivity index (χ2v) is 6.46. The molecule has 0 bridgehead atoms. The van der Waals surface area contributed by atoms with Crippen molar-refractivity contribution in [2.75, 3.05) is 5.32 Å². The summed E-state index contributed by atoms with van der Waals surface area (Å²) in [6.07, 6.45) is 0. The lowest BCUT2D eigenvalue weighted by atomic mass is 10.2. The van der Waals surface area contributed by atoms with E-state index in [2.05, 4.69) is 10.3 Å². The SMILES string of the molecule is O=C(Nc1ccc2oc(-c3ccc(Cl)c(Cl)c3)nc2c1)c1ccccc1. The first kappa shape index (κ1) is 16.6. The molecule has 0 saturated heterocycles. The molecule has 0 spiro atoms. The van der Waals surface area contributed by atoms with Crippen LogP contribution < -0.4 is 5.32 Å². The number of benzene rings is 3. The molecular weight excluding hydrogens is 371 g/mol. The lowest BCUT2D eigenvalue weighted by Gasteiger charge is -2.04. The van der Waals surface area contributed by atoms with Crippen molar-refractivity contribution < 1.29 is 9.21 Å². The van der Waals surface area contributed by atoms with Gasteiger partial charge in [-0.15, -0.1) is 0 Å². The summed E-state index contributed by atoms with van der Waals surface area (Å²) >= 11 is 12.0. The van der Waals surface area contributed by atoms with E-state index in [0.717, 1.165) is 5.56 Å². The van der Waals surface area contributed by atoms with Crippen molar-refractivity contribution >= 4 is 45.9 Å². The van der Waals surface area contributed by atoms with E-state index < -0.39 is 0 Å². The van der Waals surface area contributed by atoms with Gasteiger partial charge in [0, 0.05) is 16.8 Å². The van der Waals surface area contributed by atoms with Gasteiger partial charge in [0.25, 0.3) is 5.91 Å². The van der Waals surface area contributed by atoms with Crippen LogP contribution in [0.4, 0.5) is 5.69 Å². The summed E-state index contributed by atoms with van der Waals surface area (Å²) in [7, 11) is 0. The average molecular weight is 383 g/mol. The van der Waals surface area contributed by atoms with Gasteiger partial charge in [-0.05, 0) is 48.5 Å². The zero-order valence-corrected chi connectivity index (χ0v) is 14.9. The Hall–Kier alpha value is -2.82. The monoisotopic (exact) mass is 382 g/mol. The topological polar surface area (TPSA) is 55.1 Å². The molecule has 1 amide bonds. The number of halogens is 2. The summed E-state index contributed by atoms with van der Waals surface area (Å²) in [6, 6.07) is 19.5. The van der Waals surface area contributed by atoms with Crippen LogP contribution in [0.1, 0.15) is 10.4 Å². The third-order valence-corrected chi connectivity index (χ3v) is 4.59. The predicted octanol–water partition coefficient (Wildman–Crippen LogP) is 6.05. The molecule has 0 fully saturated rings. The van der Waals surface area contributed by atoms with E-state index >= 15 is 0 Å². The number of amides is 1. The fourth-order valence-corrected chi connectivity index (χ4v) is 2.85. The standard InChI is InChI=1S/C20H12Cl2N2O2/c21-15-8-6-13(10-16(15)22)20-24-17-11-14(7-9-18(17)26-20)23-19(25)12-4-2-1-3-5-12/h1-11H,(H,23,25). The van der Waals surface area contributed by atoms with Crippen LogP contribution in [0.15, 0.2) is 71.1 Å². The quantitative estimate of drug-likeness (QED) is 0.468. The van der Waals surface area contributed by atoms with E-state index in [1.54, 1.807) is 48.5 Å². The number of rotatable bonds is 3. The van der Waals surface area contributed by atoms with E-state index in [9.17, 15) is 4.79 Å². The number of oxazole rings is 1. The van der Waals surface area contributed by atoms with Gasteiger partial charge in [-0.2, -0.15) is 0 Å². The molecule has 0 radical (unpaired) electrons. The molecule has 0 saturated carbocycles. The Balaban J connectivity index is 1.63. The van der Waals surface area contributed by atoms with Crippen molar-refractivity contribution in [3.63, 3.8) is 0 Å². The molecule has 0 atom stereocenters. The average Bonchev–Trinajstić information content (AvgIpc) is 3.08. The molecule has 1 aromatic heterocycles. The van der Waals surface area contributed by atoms with Crippen molar-refractivity contribution in [1.29, 1.82) is 0 Å². The summed E-state index contributed by atoms with van der Waals surface area (Å²) in [4.78, 5) is 16.7. The van der Waals surface area contributed by atoms with Crippen LogP contribution in [-0.4, -0.2) is 10.9 Å². The minimum absolute atomic E-state index is 0.182. The van der Waals surface area contributed by atoms with Gasteiger partial charge in [0.1, 0.15) is 5.52 Å². The predicted molar refractivity (Wildman–Crippen MR) is 104 cm³/mol. The van der Waals surface area contributed by atoms with Crippen LogP contribution in [0.25, 0.3) is 22.6 Å². The molecule has 6 heteroatoms. The molecule has 0 aliphatic rings. The smallest absolute Gasteiger partial charge is 0.255 e. The molecule has 0 aliphatic heterocycles. The first-order valence-corrected chi connectivity index (χ1v) is 8.58. The Labute approximate surface area is 159 Å². The van der Waals surface area contributed by atoms with Gasteiger partial charge in [-0.3, -0.25) is 4.79 Å². The van der Waals surface area contributed by atoms with E-state index in [0.29, 0.717) is 38.3 Å². The Morgan fingerprint density at radius 1 is 0.923 bits per heavy atom. The van der Waals surface area contributed by atoms with Gasteiger partial charge in [0.15, 0.2) is 5.58 Å². The molecule has 3 aromatic carbocycles. The number of nitrogens with zero attached hydrogens (tertiary/aromatic N) is 1. The molecule has 4 rings (SSSR count). The maximum Gasteiger partial charge on any atom is 0.255 e. The number of hydrogen-bond donors (Lipinski definition) is 1. The fraction of sp³-hybridized carbons (Fsp3) is 0. The fourth-order valence-electron chi connectivity index (χ4n) is 2.55. The van der Waals surface area contributed by atoms with Crippen LogP contribution in [0.3, 0.4) is 0 Å². The number of nitrogens with one attached hydrogen (secondary N) is 1. The van der Waals surface area contributed by atoms with Crippen LogP contribution in [0.2, 0.25) is 10.0 Å². The second kappa shape index (κ2) is 6.83. The summed E-state index contributed by atoms with van der Waals surface area (Å²) in [6.45, 7) is 0.